The number of carbonyl (C=O) groups excluding carboxylic acids is 2. The van der Waals surface area contributed by atoms with Crippen LogP contribution in [0.1, 0.15) is 32.0 Å². The first-order valence-corrected chi connectivity index (χ1v) is 18.5. The number of ether oxygens (including phenoxy) is 1. The maximum atomic E-state index is 12.4. The maximum absolute atomic E-state index is 12.4. The average molecular weight is 745 g/mol. The van der Waals surface area contributed by atoms with Crippen molar-refractivity contribution in [2.45, 2.75) is 22.5 Å². The van der Waals surface area contributed by atoms with Gasteiger partial charge in [0, 0.05) is 23.2 Å². The van der Waals surface area contributed by atoms with Crippen molar-refractivity contribution in [3.63, 3.8) is 0 Å². The molecular formula is C28H29ClN4O12S3. The molecule has 6 N–H and O–H groups in total. The standard InChI is InChI=1S/C17H19ClN2O6S2.C11H10N2O6S/c1-11-8-16(28(24,25)26)14(19)9-15(11)20-17(21)13-4-2-12(3-5-13)10-27(22,23)7-6-18;1-19-11(15)9-6-10(14)13(12-9)7-2-4-8(5-3-7)20(16,17)18/h2-5,8-9H,6-7,10,19H2,1H3,(H,20,21)(H,24,25,26);2-6,12H,1H3,(H,16,17,18). The number of nitrogens with two attached hydrogens (primary N) is 1. The second-order valence-corrected chi connectivity index (χ2v) is 15.3. The molecule has 1 aromatic heterocycles. The van der Waals surface area contributed by atoms with Gasteiger partial charge in [0.05, 0.1) is 34.9 Å². The molecule has 0 atom stereocenters. The Bertz CT molecular complexity index is 2210. The van der Waals surface area contributed by atoms with E-state index in [-0.39, 0.29) is 44.9 Å². The Hall–Kier alpha value is -4.53. The van der Waals surface area contributed by atoms with Crippen molar-refractivity contribution in [2.24, 2.45) is 0 Å². The first kappa shape index (κ1) is 37.9. The van der Waals surface area contributed by atoms with Crippen LogP contribution in [0.4, 0.5) is 11.4 Å². The van der Waals surface area contributed by atoms with Crippen LogP contribution in [-0.2, 0) is 40.6 Å². The summed E-state index contributed by atoms with van der Waals surface area (Å²) in [6.07, 6.45) is 0. The lowest BCUT2D eigenvalue weighted by molar-refractivity contribution is 0.0593. The molecule has 3 aromatic carbocycles. The predicted molar refractivity (Wildman–Crippen MR) is 176 cm³/mol. The van der Waals surface area contributed by atoms with Gasteiger partial charge in [0.2, 0.25) is 0 Å². The Morgan fingerprint density at radius 2 is 1.54 bits per heavy atom. The summed E-state index contributed by atoms with van der Waals surface area (Å²) in [6, 6.07) is 14.4. The van der Waals surface area contributed by atoms with Crippen molar-refractivity contribution < 1.29 is 48.7 Å². The second kappa shape index (κ2) is 15.1. The highest BCUT2D eigenvalue weighted by atomic mass is 35.5. The van der Waals surface area contributed by atoms with Crippen LogP contribution in [0.25, 0.3) is 5.69 Å². The van der Waals surface area contributed by atoms with Gasteiger partial charge in [-0.05, 0) is 66.6 Å². The van der Waals surface area contributed by atoms with Crippen molar-refractivity contribution in [1.29, 1.82) is 0 Å². The third-order valence-corrected chi connectivity index (χ3v) is 10.2. The van der Waals surface area contributed by atoms with Crippen LogP contribution in [0.2, 0.25) is 0 Å². The summed E-state index contributed by atoms with van der Waals surface area (Å²) >= 11 is 5.47. The van der Waals surface area contributed by atoms with Gasteiger partial charge >= 0.3 is 5.97 Å². The fraction of sp³-hybridized carbons (Fsp3) is 0.179. The Morgan fingerprint density at radius 3 is 2.06 bits per heavy atom. The van der Waals surface area contributed by atoms with E-state index in [2.05, 4.69) is 15.2 Å². The van der Waals surface area contributed by atoms with Crippen molar-refractivity contribution in [2.75, 3.05) is 29.8 Å². The molecule has 0 aliphatic rings. The Balaban J connectivity index is 0.000000275. The normalized spacial score (nSPS) is 11.7. The van der Waals surface area contributed by atoms with Gasteiger partial charge in [0.15, 0.2) is 9.84 Å². The Labute approximate surface area is 279 Å². The molecule has 0 fully saturated rings. The summed E-state index contributed by atoms with van der Waals surface area (Å²) < 4.78 is 91.4. The number of sulfone groups is 1. The predicted octanol–water partition coefficient (Wildman–Crippen LogP) is 2.43. The average Bonchev–Trinajstić information content (AvgIpc) is 3.39. The van der Waals surface area contributed by atoms with Crippen LogP contribution in [-0.4, -0.2) is 74.8 Å². The molecule has 16 nitrogen and oxygen atoms in total. The summed E-state index contributed by atoms with van der Waals surface area (Å²) in [4.78, 5) is 34.6. The first-order valence-electron chi connectivity index (χ1n) is 13.3. The number of methoxy groups -OCH3 is 1. The van der Waals surface area contributed by atoms with E-state index >= 15 is 0 Å². The summed E-state index contributed by atoms with van der Waals surface area (Å²) in [5, 5.41) is 5.13. The molecule has 0 aliphatic heterocycles. The quantitative estimate of drug-likeness (QED) is 0.0677. The van der Waals surface area contributed by atoms with Crippen molar-refractivity contribution >= 4 is 64.9 Å². The number of benzene rings is 3. The Morgan fingerprint density at radius 1 is 0.938 bits per heavy atom. The number of hydrogen-bond donors (Lipinski definition) is 5. The molecule has 1 heterocycles. The lowest BCUT2D eigenvalue weighted by Gasteiger charge is -2.12. The highest BCUT2D eigenvalue weighted by Crippen LogP contribution is 2.27. The molecule has 4 aromatic rings. The minimum atomic E-state index is -4.47. The van der Waals surface area contributed by atoms with Gasteiger partial charge in [-0.15, -0.1) is 11.6 Å². The number of amides is 1. The topological polar surface area (TPSA) is 262 Å². The molecule has 0 unspecified atom stereocenters. The number of alkyl halides is 1. The minimum absolute atomic E-state index is 0.0156. The largest absolute Gasteiger partial charge is 0.464 e. The van der Waals surface area contributed by atoms with Crippen molar-refractivity contribution in [3.8, 4) is 5.69 Å². The summed E-state index contributed by atoms with van der Waals surface area (Å²) in [5.41, 5.74) is 6.66. The van der Waals surface area contributed by atoms with E-state index in [1.54, 1.807) is 6.92 Å². The second-order valence-electron chi connectivity index (χ2n) is 9.92. The third kappa shape index (κ3) is 9.99. The van der Waals surface area contributed by atoms with Crippen LogP contribution in [0, 0.1) is 6.92 Å². The number of nitrogen functional groups attached to an aromatic ring is 1. The lowest BCUT2D eigenvalue weighted by Crippen LogP contribution is -2.14. The molecule has 0 bridgehead atoms. The third-order valence-electron chi connectivity index (χ3n) is 6.39. The lowest BCUT2D eigenvalue weighted by atomic mass is 10.1. The van der Waals surface area contributed by atoms with Gasteiger partial charge in [-0.1, -0.05) is 12.1 Å². The number of aryl methyl sites for hydroxylation is 1. The molecule has 0 saturated heterocycles. The van der Waals surface area contributed by atoms with E-state index < -0.39 is 52.4 Å². The molecular weight excluding hydrogens is 716 g/mol. The summed E-state index contributed by atoms with van der Waals surface area (Å²) in [6.45, 7) is 1.55. The highest BCUT2D eigenvalue weighted by Gasteiger charge is 2.18. The van der Waals surface area contributed by atoms with Gasteiger partial charge in [0.1, 0.15) is 10.6 Å². The smallest absolute Gasteiger partial charge is 0.356 e. The van der Waals surface area contributed by atoms with E-state index in [0.29, 0.717) is 16.8 Å². The van der Waals surface area contributed by atoms with Crippen molar-refractivity contribution in [1.82, 2.24) is 9.78 Å². The molecule has 1 amide bonds. The fourth-order valence-corrected chi connectivity index (χ4v) is 6.96. The number of halogens is 1. The number of nitrogens with zero attached hydrogens (tertiary/aromatic N) is 1. The van der Waals surface area contributed by atoms with E-state index in [0.717, 1.165) is 28.9 Å². The van der Waals surface area contributed by atoms with Gasteiger partial charge < -0.3 is 15.8 Å². The number of H-pyrrole nitrogens is 1. The number of nitrogens with one attached hydrogen (secondary N) is 2. The van der Waals surface area contributed by atoms with E-state index in [4.69, 9.17) is 26.4 Å². The van der Waals surface area contributed by atoms with Gasteiger partial charge in [0.25, 0.3) is 31.7 Å². The minimum Gasteiger partial charge on any atom is -0.464 e. The van der Waals surface area contributed by atoms with Crippen LogP contribution >= 0.6 is 11.6 Å². The molecule has 0 aliphatic carbocycles. The number of hydrogen-bond acceptors (Lipinski definition) is 11. The zero-order chi connectivity index (χ0) is 36.0. The van der Waals surface area contributed by atoms with E-state index in [9.17, 15) is 39.6 Å². The highest BCUT2D eigenvalue weighted by molar-refractivity contribution is 7.90. The summed E-state index contributed by atoms with van der Waals surface area (Å²) in [5.74, 6) is -1.47. The Kier molecular flexibility index (Phi) is 12.0. The molecule has 0 saturated carbocycles. The molecule has 258 valence electrons. The SMILES string of the molecule is COC(=O)c1cc(=O)n(-c2ccc(S(=O)(=O)O)cc2)[nH]1.Cc1cc(S(=O)(=O)O)c(N)cc1NC(=O)c1ccc(CS(=O)(=O)CCCl)cc1. The number of esters is 1. The molecule has 20 heteroatoms. The van der Waals surface area contributed by atoms with Gasteiger partial charge in [-0.25, -0.2) is 17.9 Å². The maximum Gasteiger partial charge on any atom is 0.356 e. The first-order chi connectivity index (χ1) is 22.3. The molecule has 0 spiro atoms. The molecule has 48 heavy (non-hydrogen) atoms. The van der Waals surface area contributed by atoms with Crippen LogP contribution in [0.3, 0.4) is 0 Å². The number of carbonyl (C=O) groups is 2. The van der Waals surface area contributed by atoms with Crippen molar-refractivity contribution in [3.05, 3.63) is 99.5 Å². The molecule has 0 radical (unpaired) electrons. The number of aromatic amines is 1. The van der Waals surface area contributed by atoms with Crippen LogP contribution < -0.4 is 16.6 Å². The van der Waals surface area contributed by atoms with E-state index in [1.807, 2.05) is 0 Å². The fourth-order valence-electron chi connectivity index (χ4n) is 4.02. The summed E-state index contributed by atoms with van der Waals surface area (Å²) in [7, 11) is -10.9. The number of rotatable bonds is 10. The van der Waals surface area contributed by atoms with Crippen LogP contribution in [0.5, 0.6) is 0 Å². The number of anilines is 2. The number of aromatic nitrogens is 2. The van der Waals surface area contributed by atoms with Gasteiger partial charge in [-0.3, -0.25) is 23.8 Å². The van der Waals surface area contributed by atoms with E-state index in [1.165, 1.54) is 49.6 Å². The zero-order valence-electron chi connectivity index (χ0n) is 25.1. The van der Waals surface area contributed by atoms with Gasteiger partial charge in [-0.2, -0.15) is 16.8 Å². The van der Waals surface area contributed by atoms with Crippen LogP contribution in [0.15, 0.2) is 81.3 Å². The monoisotopic (exact) mass is 744 g/mol. The zero-order valence-corrected chi connectivity index (χ0v) is 28.3. The molecule has 4 rings (SSSR count).